The molecule has 1 atom stereocenters. The van der Waals surface area contributed by atoms with Crippen molar-refractivity contribution in [2.45, 2.75) is 26.3 Å². The molecule has 0 fully saturated rings. The van der Waals surface area contributed by atoms with Crippen molar-refractivity contribution in [1.29, 1.82) is 0 Å². The molecule has 5 nitrogen and oxygen atoms in total. The normalized spacial score (nSPS) is 11.6. The van der Waals surface area contributed by atoms with Crippen LogP contribution in [0.15, 0.2) is 42.5 Å². The van der Waals surface area contributed by atoms with Gasteiger partial charge in [0.2, 0.25) is 5.91 Å². The van der Waals surface area contributed by atoms with Crippen LogP contribution in [0.1, 0.15) is 29.2 Å². The Bertz CT molecular complexity index is 741. The summed E-state index contributed by atoms with van der Waals surface area (Å²) in [4.78, 5) is 23.6. The Morgan fingerprint density at radius 3 is 2.33 bits per heavy atom. The molecule has 0 bridgehead atoms. The molecule has 0 aromatic heterocycles. The van der Waals surface area contributed by atoms with Crippen LogP contribution in [0.2, 0.25) is 5.02 Å². The average molecular weight is 346 g/mol. The molecule has 0 radical (unpaired) electrons. The second kappa shape index (κ2) is 7.84. The maximum Gasteiger partial charge on any atom is 0.312 e. The lowest BCUT2D eigenvalue weighted by molar-refractivity contribution is -0.116. The van der Waals surface area contributed by atoms with Crippen molar-refractivity contribution in [2.24, 2.45) is 5.73 Å². The summed E-state index contributed by atoms with van der Waals surface area (Å²) < 4.78 is 0. The number of hydrogen-bond donors (Lipinski definition) is 3. The van der Waals surface area contributed by atoms with Crippen LogP contribution in [0.4, 0.5) is 10.5 Å². The van der Waals surface area contributed by atoms with Gasteiger partial charge in [0, 0.05) is 10.7 Å². The summed E-state index contributed by atoms with van der Waals surface area (Å²) in [6.45, 7) is 3.92. The van der Waals surface area contributed by atoms with Gasteiger partial charge in [-0.3, -0.25) is 4.79 Å². The molecule has 0 aliphatic rings. The number of amides is 3. The predicted octanol–water partition coefficient (Wildman–Crippen LogP) is 3.70. The maximum absolute atomic E-state index is 12.4. The largest absolute Gasteiger partial charge is 0.352 e. The van der Waals surface area contributed by atoms with E-state index in [9.17, 15) is 9.59 Å². The summed E-state index contributed by atoms with van der Waals surface area (Å²) in [5, 5.41) is 5.88. The molecule has 0 aliphatic carbocycles. The number of primary amides is 1. The summed E-state index contributed by atoms with van der Waals surface area (Å²) in [5.74, 6) is -0.237. The molecule has 2 aromatic rings. The zero-order valence-electron chi connectivity index (χ0n) is 13.6. The van der Waals surface area contributed by atoms with E-state index in [1.807, 2.05) is 32.0 Å². The first-order valence-electron chi connectivity index (χ1n) is 7.53. The first kappa shape index (κ1) is 17.8. The Labute approximate surface area is 146 Å². The van der Waals surface area contributed by atoms with Crippen LogP contribution >= 0.6 is 11.6 Å². The summed E-state index contributed by atoms with van der Waals surface area (Å²) in [7, 11) is 0. The number of carbonyl (C=O) groups is 2. The number of aryl methyl sites for hydroxylation is 2. The molecule has 0 spiro atoms. The number of urea groups is 1. The molecule has 3 amide bonds. The second-order valence-corrected chi connectivity index (χ2v) is 6.12. The quantitative estimate of drug-likeness (QED) is 0.772. The highest BCUT2D eigenvalue weighted by molar-refractivity contribution is 6.31. The average Bonchev–Trinajstić information content (AvgIpc) is 2.45. The number of nitrogens with two attached hydrogens (primary N) is 1. The summed E-state index contributed by atoms with van der Waals surface area (Å²) in [6.07, 6.45) is 0.0274. The molecule has 0 saturated carbocycles. The molecular formula is C18H20ClN3O2. The van der Waals surface area contributed by atoms with E-state index >= 15 is 0 Å². The maximum atomic E-state index is 12.4. The van der Waals surface area contributed by atoms with Crippen molar-refractivity contribution in [3.05, 3.63) is 64.2 Å². The highest BCUT2D eigenvalue weighted by Gasteiger charge is 2.19. The number of rotatable bonds is 5. The highest BCUT2D eigenvalue weighted by atomic mass is 35.5. The Hall–Kier alpha value is -2.53. The lowest BCUT2D eigenvalue weighted by Gasteiger charge is -2.19. The number of hydrogen-bond acceptors (Lipinski definition) is 2. The lowest BCUT2D eigenvalue weighted by Crippen LogP contribution is -2.35. The van der Waals surface area contributed by atoms with Crippen LogP contribution in [0.25, 0.3) is 0 Å². The van der Waals surface area contributed by atoms with E-state index in [2.05, 4.69) is 10.6 Å². The van der Waals surface area contributed by atoms with Gasteiger partial charge in [0.05, 0.1) is 12.5 Å². The van der Waals surface area contributed by atoms with Gasteiger partial charge in [-0.25, -0.2) is 4.79 Å². The zero-order chi connectivity index (χ0) is 17.7. The van der Waals surface area contributed by atoms with Gasteiger partial charge in [0.1, 0.15) is 0 Å². The van der Waals surface area contributed by atoms with Crippen molar-refractivity contribution in [2.75, 3.05) is 5.32 Å². The van der Waals surface area contributed by atoms with Gasteiger partial charge in [0.25, 0.3) is 0 Å². The van der Waals surface area contributed by atoms with E-state index in [0.29, 0.717) is 10.6 Å². The summed E-state index contributed by atoms with van der Waals surface area (Å²) >= 11 is 6.16. The van der Waals surface area contributed by atoms with E-state index in [0.717, 1.165) is 16.8 Å². The summed E-state index contributed by atoms with van der Waals surface area (Å²) in [6, 6.07) is 11.5. The standard InChI is InChI=1S/C18H20ClN3O2/c1-11-7-12(2)9-13(8-11)21-17(23)10-16(22-18(20)24)14-5-3-4-6-15(14)19/h3-9,16H,10H2,1-2H3,(H,21,23)(H3,20,22,24)/t16-/m1/s1. The van der Waals surface area contributed by atoms with Gasteiger partial charge in [-0.05, 0) is 48.7 Å². The van der Waals surface area contributed by atoms with Gasteiger partial charge >= 0.3 is 6.03 Å². The van der Waals surface area contributed by atoms with Gasteiger partial charge in [0.15, 0.2) is 0 Å². The Balaban J connectivity index is 2.15. The van der Waals surface area contributed by atoms with Gasteiger partial charge < -0.3 is 16.4 Å². The summed E-state index contributed by atoms with van der Waals surface area (Å²) in [5.41, 5.74) is 8.70. The number of benzene rings is 2. The molecular weight excluding hydrogens is 326 g/mol. The fraction of sp³-hybridized carbons (Fsp3) is 0.222. The van der Waals surface area contributed by atoms with Crippen LogP contribution in [-0.2, 0) is 4.79 Å². The highest BCUT2D eigenvalue weighted by Crippen LogP contribution is 2.25. The van der Waals surface area contributed by atoms with Crippen molar-refractivity contribution < 1.29 is 9.59 Å². The monoisotopic (exact) mass is 345 g/mol. The third kappa shape index (κ3) is 4.99. The van der Waals surface area contributed by atoms with Crippen LogP contribution in [0, 0.1) is 13.8 Å². The lowest BCUT2D eigenvalue weighted by atomic mass is 10.0. The number of halogens is 1. The van der Waals surface area contributed by atoms with E-state index in [1.165, 1.54) is 0 Å². The van der Waals surface area contributed by atoms with Crippen LogP contribution in [0.3, 0.4) is 0 Å². The molecule has 2 aromatic carbocycles. The second-order valence-electron chi connectivity index (χ2n) is 5.71. The van der Waals surface area contributed by atoms with Crippen LogP contribution in [0.5, 0.6) is 0 Å². The Morgan fingerprint density at radius 1 is 1.12 bits per heavy atom. The van der Waals surface area contributed by atoms with Crippen molar-refractivity contribution >= 4 is 29.2 Å². The Morgan fingerprint density at radius 2 is 1.75 bits per heavy atom. The molecule has 6 heteroatoms. The fourth-order valence-corrected chi connectivity index (χ4v) is 2.88. The molecule has 126 valence electrons. The van der Waals surface area contributed by atoms with E-state index in [4.69, 9.17) is 17.3 Å². The van der Waals surface area contributed by atoms with E-state index < -0.39 is 12.1 Å². The minimum Gasteiger partial charge on any atom is -0.352 e. The molecule has 2 rings (SSSR count). The number of nitrogens with one attached hydrogen (secondary N) is 2. The molecule has 0 unspecified atom stereocenters. The fourth-order valence-electron chi connectivity index (χ4n) is 2.61. The first-order valence-corrected chi connectivity index (χ1v) is 7.91. The van der Waals surface area contributed by atoms with Crippen molar-refractivity contribution in [3.8, 4) is 0 Å². The number of carbonyl (C=O) groups excluding carboxylic acids is 2. The minimum atomic E-state index is -0.709. The molecule has 0 aliphatic heterocycles. The smallest absolute Gasteiger partial charge is 0.312 e. The first-order chi connectivity index (χ1) is 11.3. The Kier molecular flexibility index (Phi) is 5.82. The molecule has 24 heavy (non-hydrogen) atoms. The van der Waals surface area contributed by atoms with Gasteiger partial charge in [-0.2, -0.15) is 0 Å². The zero-order valence-corrected chi connectivity index (χ0v) is 14.4. The molecule has 4 N–H and O–H groups in total. The van der Waals surface area contributed by atoms with E-state index in [-0.39, 0.29) is 12.3 Å². The minimum absolute atomic E-state index is 0.0274. The topological polar surface area (TPSA) is 84.2 Å². The van der Waals surface area contributed by atoms with E-state index in [1.54, 1.807) is 24.3 Å². The van der Waals surface area contributed by atoms with Crippen LogP contribution in [-0.4, -0.2) is 11.9 Å². The van der Waals surface area contributed by atoms with Crippen molar-refractivity contribution in [3.63, 3.8) is 0 Å². The SMILES string of the molecule is Cc1cc(C)cc(NC(=O)C[C@@H](NC(N)=O)c2ccccc2Cl)c1. The molecule has 0 saturated heterocycles. The predicted molar refractivity (Wildman–Crippen MR) is 96.1 cm³/mol. The molecule has 0 heterocycles. The van der Waals surface area contributed by atoms with Crippen molar-refractivity contribution in [1.82, 2.24) is 5.32 Å². The number of anilines is 1. The third-order valence-electron chi connectivity index (χ3n) is 3.49. The third-order valence-corrected chi connectivity index (χ3v) is 3.84. The van der Waals surface area contributed by atoms with Gasteiger partial charge in [-0.15, -0.1) is 0 Å². The van der Waals surface area contributed by atoms with Gasteiger partial charge in [-0.1, -0.05) is 35.9 Å². The van der Waals surface area contributed by atoms with Crippen LogP contribution < -0.4 is 16.4 Å².